The van der Waals surface area contributed by atoms with Crippen molar-refractivity contribution in [2.24, 2.45) is 0 Å². The van der Waals surface area contributed by atoms with E-state index in [9.17, 15) is 9.59 Å². The highest BCUT2D eigenvalue weighted by Crippen LogP contribution is 2.34. The lowest BCUT2D eigenvalue weighted by atomic mass is 9.97. The van der Waals surface area contributed by atoms with Crippen LogP contribution in [0.2, 0.25) is 0 Å². The predicted octanol–water partition coefficient (Wildman–Crippen LogP) is 3.48. The van der Waals surface area contributed by atoms with Gasteiger partial charge in [-0.2, -0.15) is 0 Å². The van der Waals surface area contributed by atoms with Crippen LogP contribution >= 0.6 is 0 Å². The van der Waals surface area contributed by atoms with Crippen LogP contribution in [-0.4, -0.2) is 42.1 Å². The molecule has 1 N–H and O–H groups in total. The molecule has 0 spiro atoms. The molecule has 0 aromatic heterocycles. The number of hydrogen-bond acceptors (Lipinski definition) is 3. The van der Waals surface area contributed by atoms with Crippen LogP contribution in [0, 0.1) is 0 Å². The maximum Gasteiger partial charge on any atom is 0.410 e. The van der Waals surface area contributed by atoms with E-state index in [0.717, 1.165) is 12.8 Å². The Balaban J connectivity index is 1.76. The monoisotopic (exact) mass is 346 g/mol. The summed E-state index contributed by atoms with van der Waals surface area (Å²) in [6.45, 7) is 8.90. The maximum absolute atomic E-state index is 12.2. The van der Waals surface area contributed by atoms with Gasteiger partial charge in [0.25, 0.3) is 0 Å². The van der Waals surface area contributed by atoms with Crippen molar-refractivity contribution in [3.8, 4) is 0 Å². The Labute approximate surface area is 150 Å². The van der Waals surface area contributed by atoms with Crippen molar-refractivity contribution >= 4 is 12.0 Å². The molecule has 5 heteroatoms. The summed E-state index contributed by atoms with van der Waals surface area (Å²) < 4.78 is 5.37. The van der Waals surface area contributed by atoms with E-state index in [0.29, 0.717) is 32.0 Å². The second kappa shape index (κ2) is 8.37. The number of nitrogens with one attached hydrogen (secondary N) is 1. The van der Waals surface area contributed by atoms with Crippen molar-refractivity contribution in [1.82, 2.24) is 10.2 Å². The molecule has 0 saturated carbocycles. The molecule has 1 aromatic rings. The number of hydrogen-bond donors (Lipinski definition) is 1. The van der Waals surface area contributed by atoms with Crippen LogP contribution < -0.4 is 5.32 Å². The number of benzene rings is 1. The maximum atomic E-state index is 12.2. The van der Waals surface area contributed by atoms with Gasteiger partial charge in [0.2, 0.25) is 5.91 Å². The Morgan fingerprint density at radius 1 is 1.28 bits per heavy atom. The highest BCUT2D eigenvalue weighted by molar-refractivity contribution is 5.77. The van der Waals surface area contributed by atoms with Gasteiger partial charge in [-0.05, 0) is 57.6 Å². The molecular formula is C20H30N2O3. The number of carbonyl (C=O) groups is 2. The quantitative estimate of drug-likeness (QED) is 0.858. The van der Waals surface area contributed by atoms with Gasteiger partial charge in [-0.1, -0.05) is 24.3 Å². The molecule has 2 amide bonds. The van der Waals surface area contributed by atoms with Crippen molar-refractivity contribution in [1.29, 1.82) is 0 Å². The van der Waals surface area contributed by atoms with E-state index in [2.05, 4.69) is 23.5 Å². The largest absolute Gasteiger partial charge is 0.444 e. The first-order valence-corrected chi connectivity index (χ1v) is 9.12. The van der Waals surface area contributed by atoms with Gasteiger partial charge in [-0.3, -0.25) is 4.79 Å². The van der Waals surface area contributed by atoms with E-state index in [1.54, 1.807) is 4.90 Å². The first-order chi connectivity index (χ1) is 11.8. The van der Waals surface area contributed by atoms with E-state index in [1.807, 2.05) is 33.8 Å². The number of likely N-dealkylation sites (N-methyl/N-ethyl adjacent to an activating group) is 1. The first kappa shape index (κ1) is 19.3. The third-order valence-corrected chi connectivity index (χ3v) is 4.43. The van der Waals surface area contributed by atoms with Crippen LogP contribution in [0.25, 0.3) is 0 Å². The van der Waals surface area contributed by atoms with Crippen LogP contribution in [0.3, 0.4) is 0 Å². The number of ether oxygens (including phenoxy) is 1. The summed E-state index contributed by atoms with van der Waals surface area (Å²) >= 11 is 0. The third-order valence-electron chi connectivity index (χ3n) is 4.43. The summed E-state index contributed by atoms with van der Waals surface area (Å²) in [4.78, 5) is 25.9. The smallest absolute Gasteiger partial charge is 0.410 e. The summed E-state index contributed by atoms with van der Waals surface area (Å²) in [5, 5.41) is 2.93. The van der Waals surface area contributed by atoms with E-state index >= 15 is 0 Å². The molecule has 5 nitrogen and oxygen atoms in total. The van der Waals surface area contributed by atoms with Crippen LogP contribution in [0.5, 0.6) is 0 Å². The molecule has 1 aromatic carbocycles. The van der Waals surface area contributed by atoms with E-state index in [1.165, 1.54) is 11.1 Å². The highest BCUT2D eigenvalue weighted by Gasteiger charge is 2.24. The summed E-state index contributed by atoms with van der Waals surface area (Å²) in [7, 11) is 0. The molecule has 0 aliphatic heterocycles. The Morgan fingerprint density at radius 2 is 2.00 bits per heavy atom. The van der Waals surface area contributed by atoms with Crippen LogP contribution in [0.15, 0.2) is 24.3 Å². The third kappa shape index (κ3) is 5.76. The molecule has 0 radical (unpaired) electrons. The fraction of sp³-hybridized carbons (Fsp3) is 0.600. The number of carbonyl (C=O) groups excluding carboxylic acids is 2. The lowest BCUT2D eigenvalue weighted by Gasteiger charge is -2.26. The zero-order chi connectivity index (χ0) is 18.4. The van der Waals surface area contributed by atoms with Gasteiger partial charge >= 0.3 is 6.09 Å². The number of nitrogens with zero attached hydrogens (tertiary/aromatic N) is 1. The van der Waals surface area contributed by atoms with Crippen molar-refractivity contribution in [2.75, 3.05) is 19.6 Å². The Morgan fingerprint density at radius 3 is 2.68 bits per heavy atom. The van der Waals surface area contributed by atoms with Crippen molar-refractivity contribution < 1.29 is 14.3 Å². The van der Waals surface area contributed by atoms with Crippen LogP contribution in [0.4, 0.5) is 4.79 Å². The van der Waals surface area contributed by atoms with Gasteiger partial charge in [0.1, 0.15) is 5.60 Å². The molecule has 138 valence electrons. The summed E-state index contributed by atoms with van der Waals surface area (Å²) in [6, 6.07) is 8.36. The molecule has 0 heterocycles. The fourth-order valence-electron chi connectivity index (χ4n) is 3.19. The molecular weight excluding hydrogens is 316 g/mol. The van der Waals surface area contributed by atoms with Gasteiger partial charge in [0, 0.05) is 26.1 Å². The second-order valence-electron chi connectivity index (χ2n) is 7.55. The molecule has 0 saturated heterocycles. The SMILES string of the molecule is CCN(CCNC(=O)CC1CCc2ccccc21)C(=O)OC(C)(C)C. The van der Waals surface area contributed by atoms with Crippen LogP contribution in [0.1, 0.15) is 57.6 Å². The van der Waals surface area contributed by atoms with Crippen LogP contribution in [-0.2, 0) is 16.0 Å². The average Bonchev–Trinajstić information content (AvgIpc) is 2.93. The predicted molar refractivity (Wildman–Crippen MR) is 98.6 cm³/mol. The summed E-state index contributed by atoms with van der Waals surface area (Å²) in [5.41, 5.74) is 2.16. The number of amides is 2. The number of aryl methyl sites for hydroxylation is 1. The van der Waals surface area contributed by atoms with Gasteiger partial charge < -0.3 is 15.0 Å². The van der Waals surface area contributed by atoms with Gasteiger partial charge in [0.05, 0.1) is 0 Å². The minimum atomic E-state index is -0.510. The van der Waals surface area contributed by atoms with E-state index in [-0.39, 0.29) is 12.0 Å². The minimum absolute atomic E-state index is 0.0435. The molecule has 1 aliphatic rings. The Kier molecular flexibility index (Phi) is 6.45. The molecule has 1 aliphatic carbocycles. The number of fused-ring (bicyclic) bond motifs is 1. The zero-order valence-corrected chi connectivity index (χ0v) is 15.8. The van der Waals surface area contributed by atoms with Crippen molar-refractivity contribution in [3.05, 3.63) is 35.4 Å². The summed E-state index contributed by atoms with van der Waals surface area (Å²) in [5.74, 6) is 0.353. The zero-order valence-electron chi connectivity index (χ0n) is 15.8. The van der Waals surface area contributed by atoms with Crippen molar-refractivity contribution in [2.45, 2.75) is 58.5 Å². The lowest BCUT2D eigenvalue weighted by Crippen LogP contribution is -2.41. The van der Waals surface area contributed by atoms with Gasteiger partial charge in [-0.25, -0.2) is 4.79 Å². The Bertz CT molecular complexity index is 607. The highest BCUT2D eigenvalue weighted by atomic mass is 16.6. The molecule has 25 heavy (non-hydrogen) atoms. The molecule has 0 fully saturated rings. The van der Waals surface area contributed by atoms with E-state index < -0.39 is 5.60 Å². The lowest BCUT2D eigenvalue weighted by molar-refractivity contribution is -0.121. The van der Waals surface area contributed by atoms with Crippen molar-refractivity contribution in [3.63, 3.8) is 0 Å². The molecule has 1 unspecified atom stereocenters. The number of rotatable bonds is 6. The minimum Gasteiger partial charge on any atom is -0.444 e. The first-order valence-electron chi connectivity index (χ1n) is 9.12. The van der Waals surface area contributed by atoms with E-state index in [4.69, 9.17) is 4.74 Å². The normalized spacial score (nSPS) is 16.2. The molecule has 0 bridgehead atoms. The average molecular weight is 346 g/mol. The standard InChI is InChI=1S/C20H30N2O3/c1-5-22(19(24)25-20(2,3)4)13-12-21-18(23)14-16-11-10-15-8-6-7-9-17(15)16/h6-9,16H,5,10-14H2,1-4H3,(H,21,23). The fourth-order valence-corrected chi connectivity index (χ4v) is 3.19. The summed E-state index contributed by atoms with van der Waals surface area (Å²) in [6.07, 6.45) is 2.26. The van der Waals surface area contributed by atoms with Gasteiger partial charge in [-0.15, -0.1) is 0 Å². The Hall–Kier alpha value is -2.04. The molecule has 1 atom stereocenters. The second-order valence-corrected chi connectivity index (χ2v) is 7.55. The van der Waals surface area contributed by atoms with Gasteiger partial charge in [0.15, 0.2) is 0 Å². The molecule has 2 rings (SSSR count). The topological polar surface area (TPSA) is 58.6 Å².